The Labute approximate surface area is 104 Å². The van der Waals surface area contributed by atoms with E-state index in [0.29, 0.717) is 23.3 Å². The predicted octanol–water partition coefficient (Wildman–Crippen LogP) is 0.425. The van der Waals surface area contributed by atoms with Crippen molar-refractivity contribution < 1.29 is 5.11 Å². The standard InChI is InChI=1S/C13H18N2O3/c1-7-5-15(13(18)14-12(7)17)11-4-8-2-9(6-16)10(11)3-8/h5,8-11,16H,2-4,6H2,1H3,(H,14,17,18)/t8-,9+,10-,11+/m1/s1. The lowest BCUT2D eigenvalue weighted by atomic mass is 9.85. The molecule has 0 radical (unpaired) electrons. The smallest absolute Gasteiger partial charge is 0.328 e. The van der Waals surface area contributed by atoms with Gasteiger partial charge in [-0.15, -0.1) is 0 Å². The molecule has 1 heterocycles. The highest BCUT2D eigenvalue weighted by Gasteiger charge is 2.46. The quantitative estimate of drug-likeness (QED) is 0.799. The third-order valence-corrected chi connectivity index (χ3v) is 4.65. The molecule has 4 atom stereocenters. The highest BCUT2D eigenvalue weighted by atomic mass is 16.3. The molecule has 2 fully saturated rings. The molecule has 2 saturated carbocycles. The van der Waals surface area contributed by atoms with Crippen molar-refractivity contribution in [3.63, 3.8) is 0 Å². The summed E-state index contributed by atoms with van der Waals surface area (Å²) in [6.45, 7) is 1.92. The van der Waals surface area contributed by atoms with E-state index in [1.165, 1.54) is 0 Å². The fourth-order valence-corrected chi connectivity index (χ4v) is 3.82. The lowest BCUT2D eigenvalue weighted by Crippen LogP contribution is -2.37. The van der Waals surface area contributed by atoms with Crippen LogP contribution in [0.3, 0.4) is 0 Å². The molecule has 2 aliphatic carbocycles. The van der Waals surface area contributed by atoms with Crippen LogP contribution in [0.4, 0.5) is 0 Å². The second-order valence-electron chi connectivity index (χ2n) is 5.73. The molecule has 18 heavy (non-hydrogen) atoms. The summed E-state index contributed by atoms with van der Waals surface area (Å²) in [5.41, 5.74) is -0.0594. The van der Waals surface area contributed by atoms with Crippen LogP contribution in [0.1, 0.15) is 30.9 Å². The first kappa shape index (κ1) is 11.7. The van der Waals surface area contributed by atoms with E-state index in [0.717, 1.165) is 19.3 Å². The van der Waals surface area contributed by atoms with E-state index in [1.807, 2.05) is 0 Å². The number of fused-ring (bicyclic) bond motifs is 2. The monoisotopic (exact) mass is 250 g/mol. The first-order valence-electron chi connectivity index (χ1n) is 6.53. The maximum absolute atomic E-state index is 11.9. The topological polar surface area (TPSA) is 75.1 Å². The second-order valence-corrected chi connectivity index (χ2v) is 5.73. The van der Waals surface area contributed by atoms with Gasteiger partial charge in [-0.2, -0.15) is 0 Å². The maximum atomic E-state index is 11.9. The van der Waals surface area contributed by atoms with Crippen molar-refractivity contribution in [2.45, 2.75) is 32.2 Å². The van der Waals surface area contributed by atoms with E-state index in [4.69, 9.17) is 0 Å². The van der Waals surface area contributed by atoms with Gasteiger partial charge in [-0.05, 0) is 43.9 Å². The number of aliphatic hydroxyl groups excluding tert-OH is 1. The molecular formula is C13H18N2O3. The summed E-state index contributed by atoms with van der Waals surface area (Å²) in [5.74, 6) is 1.31. The molecule has 0 saturated heterocycles. The number of hydrogen-bond donors (Lipinski definition) is 2. The molecule has 1 aromatic rings. The summed E-state index contributed by atoms with van der Waals surface area (Å²) < 4.78 is 1.67. The van der Waals surface area contributed by atoms with Crippen molar-refractivity contribution in [3.05, 3.63) is 32.6 Å². The largest absolute Gasteiger partial charge is 0.396 e. The summed E-state index contributed by atoms with van der Waals surface area (Å²) in [6.07, 6.45) is 4.84. The van der Waals surface area contributed by atoms with Crippen molar-refractivity contribution in [1.29, 1.82) is 0 Å². The van der Waals surface area contributed by atoms with Crippen LogP contribution in [0.5, 0.6) is 0 Å². The zero-order valence-electron chi connectivity index (χ0n) is 10.4. The molecule has 5 heteroatoms. The number of hydrogen-bond acceptors (Lipinski definition) is 3. The number of aromatic nitrogens is 2. The van der Waals surface area contributed by atoms with Gasteiger partial charge in [0.2, 0.25) is 0 Å². The molecule has 98 valence electrons. The van der Waals surface area contributed by atoms with Gasteiger partial charge in [0.15, 0.2) is 0 Å². The van der Waals surface area contributed by atoms with Gasteiger partial charge in [-0.3, -0.25) is 14.3 Å². The van der Waals surface area contributed by atoms with Crippen molar-refractivity contribution in [2.24, 2.45) is 17.8 Å². The van der Waals surface area contributed by atoms with E-state index in [1.54, 1.807) is 17.7 Å². The van der Waals surface area contributed by atoms with Crippen LogP contribution in [0.2, 0.25) is 0 Å². The normalized spacial score (nSPS) is 34.1. The van der Waals surface area contributed by atoms with E-state index >= 15 is 0 Å². The van der Waals surface area contributed by atoms with Crippen LogP contribution < -0.4 is 11.2 Å². The van der Waals surface area contributed by atoms with Gasteiger partial charge in [0.05, 0.1) is 0 Å². The molecule has 2 aliphatic rings. The Hall–Kier alpha value is -1.36. The lowest BCUT2D eigenvalue weighted by molar-refractivity contribution is 0.143. The number of rotatable bonds is 2. The van der Waals surface area contributed by atoms with Crippen LogP contribution in [0.25, 0.3) is 0 Å². The Morgan fingerprint density at radius 1 is 1.39 bits per heavy atom. The third-order valence-electron chi connectivity index (χ3n) is 4.65. The minimum Gasteiger partial charge on any atom is -0.396 e. The molecule has 0 spiro atoms. The van der Waals surface area contributed by atoms with Gasteiger partial charge in [0, 0.05) is 24.4 Å². The number of aromatic amines is 1. The average molecular weight is 250 g/mol. The fraction of sp³-hybridized carbons (Fsp3) is 0.692. The fourth-order valence-electron chi connectivity index (χ4n) is 3.82. The molecular weight excluding hydrogens is 232 g/mol. The molecule has 5 nitrogen and oxygen atoms in total. The van der Waals surface area contributed by atoms with Gasteiger partial charge in [0.1, 0.15) is 0 Å². The molecule has 0 aromatic carbocycles. The number of H-pyrrole nitrogens is 1. The first-order chi connectivity index (χ1) is 8.60. The van der Waals surface area contributed by atoms with E-state index in [2.05, 4.69) is 4.98 Å². The van der Waals surface area contributed by atoms with Crippen LogP contribution in [0.15, 0.2) is 15.8 Å². The van der Waals surface area contributed by atoms with Gasteiger partial charge in [-0.25, -0.2) is 4.79 Å². The summed E-state index contributed by atoms with van der Waals surface area (Å²) in [4.78, 5) is 25.6. The molecule has 3 rings (SSSR count). The molecule has 0 aliphatic heterocycles. The van der Waals surface area contributed by atoms with Crippen molar-refractivity contribution in [1.82, 2.24) is 9.55 Å². The van der Waals surface area contributed by atoms with Crippen LogP contribution in [-0.4, -0.2) is 21.3 Å². The number of aliphatic hydroxyl groups is 1. The van der Waals surface area contributed by atoms with Crippen molar-refractivity contribution in [2.75, 3.05) is 6.61 Å². The zero-order valence-corrected chi connectivity index (χ0v) is 10.4. The molecule has 0 amide bonds. The van der Waals surface area contributed by atoms with E-state index in [9.17, 15) is 14.7 Å². The Morgan fingerprint density at radius 2 is 2.17 bits per heavy atom. The minimum atomic E-state index is -0.320. The van der Waals surface area contributed by atoms with Gasteiger partial charge < -0.3 is 5.11 Å². The van der Waals surface area contributed by atoms with Crippen LogP contribution in [-0.2, 0) is 0 Å². The van der Waals surface area contributed by atoms with Crippen LogP contribution >= 0.6 is 0 Å². The first-order valence-corrected chi connectivity index (χ1v) is 6.53. The highest BCUT2D eigenvalue weighted by molar-refractivity contribution is 5.05. The highest BCUT2D eigenvalue weighted by Crippen LogP contribution is 2.53. The maximum Gasteiger partial charge on any atom is 0.328 e. The zero-order chi connectivity index (χ0) is 12.9. The van der Waals surface area contributed by atoms with E-state index < -0.39 is 0 Å². The summed E-state index contributed by atoms with van der Waals surface area (Å²) in [6, 6.07) is 0.143. The molecule has 1 aromatic heterocycles. The molecule has 2 N–H and O–H groups in total. The predicted molar refractivity (Wildman–Crippen MR) is 66.5 cm³/mol. The Kier molecular flexibility index (Phi) is 2.66. The summed E-state index contributed by atoms with van der Waals surface area (Å²) in [7, 11) is 0. The lowest BCUT2D eigenvalue weighted by Gasteiger charge is -2.29. The number of aryl methyl sites for hydroxylation is 1. The van der Waals surface area contributed by atoms with Crippen molar-refractivity contribution in [3.8, 4) is 0 Å². The SMILES string of the molecule is Cc1cn([C@H]2C[C@@H]3C[C@@H](CO)[C@H]2C3)c(=O)[nH]c1=O. The summed E-state index contributed by atoms with van der Waals surface area (Å²) >= 11 is 0. The Balaban J connectivity index is 1.99. The number of nitrogens with zero attached hydrogens (tertiary/aromatic N) is 1. The van der Waals surface area contributed by atoms with E-state index in [-0.39, 0.29) is 23.9 Å². The minimum absolute atomic E-state index is 0.143. The van der Waals surface area contributed by atoms with Crippen LogP contribution in [0, 0.1) is 24.7 Å². The van der Waals surface area contributed by atoms with Gasteiger partial charge in [0.25, 0.3) is 5.56 Å². The Bertz CT molecular complexity index is 574. The van der Waals surface area contributed by atoms with Gasteiger partial charge >= 0.3 is 5.69 Å². The summed E-state index contributed by atoms with van der Waals surface area (Å²) in [5, 5.41) is 9.38. The third kappa shape index (κ3) is 1.65. The second kappa shape index (κ2) is 4.09. The van der Waals surface area contributed by atoms with Crippen molar-refractivity contribution >= 4 is 0 Å². The van der Waals surface area contributed by atoms with Gasteiger partial charge in [-0.1, -0.05) is 0 Å². The molecule has 0 unspecified atom stereocenters. The average Bonchev–Trinajstić information content (AvgIpc) is 2.92. The Morgan fingerprint density at radius 3 is 2.83 bits per heavy atom. The molecule has 2 bridgehead atoms. The number of nitrogens with one attached hydrogen (secondary N) is 1.